The van der Waals surface area contributed by atoms with Crippen LogP contribution in [0.3, 0.4) is 0 Å². The first kappa shape index (κ1) is 23.5. The number of hydrogen-bond acceptors (Lipinski definition) is 3. The highest BCUT2D eigenvalue weighted by molar-refractivity contribution is 7.89. The fourth-order valence-corrected chi connectivity index (χ4v) is 5.68. The van der Waals surface area contributed by atoms with Crippen LogP contribution in [0.25, 0.3) is 0 Å². The lowest BCUT2D eigenvalue weighted by Gasteiger charge is -2.30. The van der Waals surface area contributed by atoms with Crippen molar-refractivity contribution in [1.82, 2.24) is 9.62 Å². The number of nitrogens with zero attached hydrogens (tertiary/aromatic N) is 1. The third-order valence-corrected chi connectivity index (χ3v) is 7.91. The molecule has 1 saturated heterocycles. The molecule has 1 amide bonds. The number of benzene rings is 2. The zero-order valence-electron chi connectivity index (χ0n) is 18.4. The summed E-state index contributed by atoms with van der Waals surface area (Å²) in [5.41, 5.74) is 3.71. The van der Waals surface area contributed by atoms with Crippen LogP contribution in [0.5, 0.6) is 0 Å². The molecule has 1 aliphatic rings. The number of carbonyl (C=O) groups excluding carboxylic acids is 1. The summed E-state index contributed by atoms with van der Waals surface area (Å²) in [5.74, 6) is 0.137. The van der Waals surface area contributed by atoms with Crippen LogP contribution in [0.2, 0.25) is 0 Å². The van der Waals surface area contributed by atoms with Crippen molar-refractivity contribution < 1.29 is 13.2 Å². The van der Waals surface area contributed by atoms with Gasteiger partial charge in [-0.25, -0.2) is 12.7 Å². The lowest BCUT2D eigenvalue weighted by molar-refractivity contribution is -0.126. The highest BCUT2D eigenvalue weighted by Crippen LogP contribution is 2.21. The fraction of sp³-hybridized carbons (Fsp3) is 0.480. The van der Waals surface area contributed by atoms with E-state index in [1.54, 1.807) is 4.31 Å². The second-order valence-electron chi connectivity index (χ2n) is 8.46. The predicted octanol–water partition coefficient (Wildman–Crippen LogP) is 3.72. The Kier molecular flexibility index (Phi) is 8.67. The second kappa shape index (κ2) is 11.4. The van der Waals surface area contributed by atoms with Crippen molar-refractivity contribution >= 4 is 15.9 Å². The second-order valence-corrected chi connectivity index (χ2v) is 10.6. The fourth-order valence-electron chi connectivity index (χ4n) is 4.14. The first-order valence-electron chi connectivity index (χ1n) is 11.3. The van der Waals surface area contributed by atoms with Crippen molar-refractivity contribution in [1.29, 1.82) is 0 Å². The lowest BCUT2D eigenvalue weighted by atomic mass is 9.97. The van der Waals surface area contributed by atoms with Gasteiger partial charge < -0.3 is 5.32 Å². The van der Waals surface area contributed by atoms with Gasteiger partial charge in [0.2, 0.25) is 15.9 Å². The van der Waals surface area contributed by atoms with Gasteiger partial charge >= 0.3 is 0 Å². The summed E-state index contributed by atoms with van der Waals surface area (Å²) in [6, 6.07) is 18.4. The Labute approximate surface area is 186 Å². The van der Waals surface area contributed by atoms with Crippen LogP contribution in [0.1, 0.15) is 42.4 Å². The molecule has 1 aliphatic heterocycles. The van der Waals surface area contributed by atoms with E-state index in [0.29, 0.717) is 38.9 Å². The maximum atomic E-state index is 12.6. The average molecular weight is 443 g/mol. The molecule has 168 valence electrons. The molecule has 2 aromatic rings. The van der Waals surface area contributed by atoms with Crippen molar-refractivity contribution in [3.05, 3.63) is 71.3 Å². The van der Waals surface area contributed by atoms with Crippen molar-refractivity contribution in [2.75, 3.05) is 25.4 Å². The summed E-state index contributed by atoms with van der Waals surface area (Å²) in [6.07, 6.45) is 4.43. The molecule has 5 nitrogen and oxygen atoms in total. The molecular weight excluding hydrogens is 408 g/mol. The molecular formula is C25H34N2O3S. The molecule has 6 heteroatoms. The minimum atomic E-state index is -3.26. The number of rotatable bonds is 10. The van der Waals surface area contributed by atoms with E-state index in [4.69, 9.17) is 0 Å². The Hall–Kier alpha value is -2.18. The van der Waals surface area contributed by atoms with E-state index in [2.05, 4.69) is 36.5 Å². The van der Waals surface area contributed by atoms with Gasteiger partial charge in [-0.2, -0.15) is 0 Å². The standard InChI is InChI=1S/C25H34N2O3S/c1-21-8-5-11-23(20-21)12-6-16-26-25(28)24-14-17-27(18-15-24)31(29,30)19-7-13-22-9-3-2-4-10-22/h2-5,8-11,20,24H,6-7,12-19H2,1H3,(H,26,28). The quantitative estimate of drug-likeness (QED) is 0.570. The first-order valence-corrected chi connectivity index (χ1v) is 12.9. The smallest absolute Gasteiger partial charge is 0.223 e. The van der Waals surface area contributed by atoms with Gasteiger partial charge in [0, 0.05) is 25.6 Å². The van der Waals surface area contributed by atoms with Crippen LogP contribution in [-0.4, -0.2) is 44.0 Å². The highest BCUT2D eigenvalue weighted by atomic mass is 32.2. The third-order valence-electron chi connectivity index (χ3n) is 5.95. The Morgan fingerprint density at radius 3 is 2.35 bits per heavy atom. The first-order chi connectivity index (χ1) is 14.9. The molecule has 0 aromatic heterocycles. The molecule has 3 rings (SSSR count). The number of piperidine rings is 1. The lowest BCUT2D eigenvalue weighted by Crippen LogP contribution is -2.44. The molecule has 0 spiro atoms. The number of hydrogen-bond donors (Lipinski definition) is 1. The van der Waals surface area contributed by atoms with E-state index < -0.39 is 10.0 Å². The minimum Gasteiger partial charge on any atom is -0.356 e. The van der Waals surface area contributed by atoms with Gasteiger partial charge in [0.15, 0.2) is 0 Å². The SMILES string of the molecule is Cc1cccc(CCCNC(=O)C2CCN(S(=O)(=O)CCCc3ccccc3)CC2)c1. The van der Waals surface area contributed by atoms with Gasteiger partial charge in [0.05, 0.1) is 5.75 Å². The van der Waals surface area contributed by atoms with Crippen LogP contribution in [0.4, 0.5) is 0 Å². The Bertz CT molecular complexity index is 936. The monoisotopic (exact) mass is 442 g/mol. The van der Waals surface area contributed by atoms with E-state index >= 15 is 0 Å². The van der Waals surface area contributed by atoms with Gasteiger partial charge in [0.1, 0.15) is 0 Å². The van der Waals surface area contributed by atoms with E-state index in [1.807, 2.05) is 30.3 Å². The molecule has 0 saturated carbocycles. The van der Waals surface area contributed by atoms with Gasteiger partial charge in [0.25, 0.3) is 0 Å². The van der Waals surface area contributed by atoms with Gasteiger partial charge in [-0.3, -0.25) is 4.79 Å². The number of sulfonamides is 1. The summed E-state index contributed by atoms with van der Waals surface area (Å²) >= 11 is 0. The van der Waals surface area contributed by atoms with Crippen LogP contribution in [-0.2, 0) is 27.7 Å². The van der Waals surface area contributed by atoms with Crippen LogP contribution in [0.15, 0.2) is 54.6 Å². The summed E-state index contributed by atoms with van der Waals surface area (Å²) in [7, 11) is -3.26. The highest BCUT2D eigenvalue weighted by Gasteiger charge is 2.30. The van der Waals surface area contributed by atoms with Crippen LogP contribution >= 0.6 is 0 Å². The number of aryl methyl sites for hydroxylation is 3. The topological polar surface area (TPSA) is 66.5 Å². The van der Waals surface area contributed by atoms with Crippen molar-refractivity contribution in [3.8, 4) is 0 Å². The van der Waals surface area contributed by atoms with Gasteiger partial charge in [-0.1, -0.05) is 60.2 Å². The molecule has 0 radical (unpaired) electrons. The summed E-state index contributed by atoms with van der Waals surface area (Å²) < 4.78 is 26.9. The third kappa shape index (κ3) is 7.47. The average Bonchev–Trinajstić information content (AvgIpc) is 2.77. The summed E-state index contributed by atoms with van der Waals surface area (Å²) in [4.78, 5) is 12.5. The molecule has 0 bridgehead atoms. The molecule has 31 heavy (non-hydrogen) atoms. The molecule has 2 aromatic carbocycles. The normalized spacial score (nSPS) is 15.6. The van der Waals surface area contributed by atoms with E-state index in [0.717, 1.165) is 24.8 Å². The minimum absolute atomic E-state index is 0.0605. The molecule has 0 atom stereocenters. The molecule has 1 heterocycles. The molecule has 1 fully saturated rings. The molecule has 1 N–H and O–H groups in total. The van der Waals surface area contributed by atoms with Crippen LogP contribution in [0, 0.1) is 12.8 Å². The maximum Gasteiger partial charge on any atom is 0.223 e. The number of carbonyl (C=O) groups is 1. The van der Waals surface area contributed by atoms with Crippen molar-refractivity contribution in [2.45, 2.75) is 45.4 Å². The van der Waals surface area contributed by atoms with Gasteiger partial charge in [-0.05, 0) is 56.6 Å². The maximum absolute atomic E-state index is 12.6. The summed E-state index contributed by atoms with van der Waals surface area (Å²) in [5, 5.41) is 3.04. The largest absolute Gasteiger partial charge is 0.356 e. The number of amides is 1. The zero-order chi connectivity index (χ0) is 22.1. The van der Waals surface area contributed by atoms with Gasteiger partial charge in [-0.15, -0.1) is 0 Å². The molecule has 0 aliphatic carbocycles. The van der Waals surface area contributed by atoms with E-state index in [-0.39, 0.29) is 17.6 Å². The van der Waals surface area contributed by atoms with Crippen LogP contribution < -0.4 is 5.32 Å². The van der Waals surface area contributed by atoms with E-state index in [9.17, 15) is 13.2 Å². The Morgan fingerprint density at radius 2 is 1.65 bits per heavy atom. The zero-order valence-corrected chi connectivity index (χ0v) is 19.2. The van der Waals surface area contributed by atoms with Crippen molar-refractivity contribution in [2.24, 2.45) is 5.92 Å². The molecule has 0 unspecified atom stereocenters. The predicted molar refractivity (Wildman–Crippen MR) is 125 cm³/mol. The summed E-state index contributed by atoms with van der Waals surface area (Å²) in [6.45, 7) is 3.62. The Balaban J connectivity index is 1.34. The number of nitrogens with one attached hydrogen (secondary N) is 1. The Morgan fingerprint density at radius 1 is 0.968 bits per heavy atom. The van der Waals surface area contributed by atoms with Crippen molar-refractivity contribution in [3.63, 3.8) is 0 Å². The van der Waals surface area contributed by atoms with E-state index in [1.165, 1.54) is 11.1 Å².